The van der Waals surface area contributed by atoms with Crippen molar-refractivity contribution >= 4 is 39.4 Å². The number of carbonyl (C=O) groups excluding carboxylic acids is 1. The van der Waals surface area contributed by atoms with Gasteiger partial charge in [-0.05, 0) is 23.3 Å². The van der Waals surface area contributed by atoms with Gasteiger partial charge in [-0.2, -0.15) is 5.10 Å². The molecule has 0 bridgehead atoms. The van der Waals surface area contributed by atoms with Crippen LogP contribution in [-0.2, 0) is 11.3 Å². The summed E-state index contributed by atoms with van der Waals surface area (Å²) in [6, 6.07) is 17.5. The van der Waals surface area contributed by atoms with E-state index in [0.29, 0.717) is 4.80 Å². The molecule has 3 N–H and O–H groups in total. The maximum Gasteiger partial charge on any atom is 0.253 e. The number of nitrogens with one attached hydrogen (secondary N) is 1. The van der Waals surface area contributed by atoms with Gasteiger partial charge >= 0.3 is 0 Å². The summed E-state index contributed by atoms with van der Waals surface area (Å²) in [5.41, 5.74) is 4.97. The fraction of sp³-hybridized carbons (Fsp3) is 0.0556. The third-order valence-corrected chi connectivity index (χ3v) is 4.93. The van der Waals surface area contributed by atoms with Crippen molar-refractivity contribution in [2.75, 3.05) is 0 Å². The molecule has 0 aliphatic carbocycles. The van der Waals surface area contributed by atoms with Crippen molar-refractivity contribution in [2.24, 2.45) is 16.0 Å². The number of aromatic nitrogens is 1. The molecule has 0 aliphatic rings. The van der Waals surface area contributed by atoms with Crippen LogP contribution in [0.15, 0.2) is 74.7 Å². The van der Waals surface area contributed by atoms with Crippen molar-refractivity contribution in [3.05, 3.63) is 74.8 Å². The lowest BCUT2D eigenvalue weighted by Crippen LogP contribution is -2.35. The van der Waals surface area contributed by atoms with Gasteiger partial charge in [-0.3, -0.25) is 10.2 Å². The molecule has 3 rings (SSSR count). The van der Waals surface area contributed by atoms with E-state index in [-0.39, 0.29) is 12.5 Å². The predicted molar refractivity (Wildman–Crippen MR) is 107 cm³/mol. The molecule has 0 aliphatic heterocycles. The van der Waals surface area contributed by atoms with Crippen LogP contribution in [0.1, 0.15) is 5.56 Å². The van der Waals surface area contributed by atoms with E-state index in [2.05, 4.69) is 31.6 Å². The Kier molecular flexibility index (Phi) is 6.11. The number of rotatable bonds is 5. The first kappa shape index (κ1) is 18.2. The average molecular weight is 430 g/mol. The Hall–Kier alpha value is -2.55. The fourth-order valence-corrected chi connectivity index (χ4v) is 3.41. The number of hydrogen-bond donors (Lipinski definition) is 2. The van der Waals surface area contributed by atoms with Gasteiger partial charge < -0.3 is 4.57 Å². The Morgan fingerprint density at radius 3 is 2.62 bits per heavy atom. The molecule has 0 saturated heterocycles. The molecule has 1 heterocycles. The first-order valence-electron chi connectivity index (χ1n) is 7.73. The van der Waals surface area contributed by atoms with Crippen molar-refractivity contribution in [1.29, 1.82) is 0 Å². The maximum absolute atomic E-state index is 11.8. The molecule has 26 heavy (non-hydrogen) atoms. The largest absolute Gasteiger partial charge is 0.306 e. The summed E-state index contributed by atoms with van der Waals surface area (Å²) in [5.74, 6) is 4.94. The van der Waals surface area contributed by atoms with Gasteiger partial charge in [0.1, 0.15) is 6.54 Å². The van der Waals surface area contributed by atoms with E-state index in [1.165, 1.54) is 11.3 Å². The van der Waals surface area contributed by atoms with Crippen molar-refractivity contribution in [1.82, 2.24) is 9.99 Å². The first-order chi connectivity index (χ1) is 12.7. The van der Waals surface area contributed by atoms with Gasteiger partial charge in [-0.25, -0.2) is 5.84 Å². The van der Waals surface area contributed by atoms with E-state index in [9.17, 15) is 4.79 Å². The molecule has 6 nitrogen and oxygen atoms in total. The first-order valence-corrected chi connectivity index (χ1v) is 9.40. The molecule has 1 aromatic heterocycles. The summed E-state index contributed by atoms with van der Waals surface area (Å²) in [6.45, 7) is 0.0663. The van der Waals surface area contributed by atoms with Crippen LogP contribution in [0.5, 0.6) is 0 Å². The number of nitrogens with two attached hydrogens (primary N) is 1. The van der Waals surface area contributed by atoms with Gasteiger partial charge in [0.05, 0.1) is 11.9 Å². The standard InChI is InChI=1S/C18H16BrN5OS/c19-15-8-6-13(7-9-15)10-21-23-18-24(11-17(25)22-20)16(12-26-18)14-4-2-1-3-5-14/h1-10,12H,11,20H2,(H,22,25)/b21-10+,23-18-. The molecule has 8 heteroatoms. The van der Waals surface area contributed by atoms with Gasteiger partial charge in [-0.15, -0.1) is 16.4 Å². The second kappa shape index (κ2) is 8.70. The lowest BCUT2D eigenvalue weighted by Gasteiger charge is -2.07. The lowest BCUT2D eigenvalue weighted by molar-refractivity contribution is -0.121. The lowest BCUT2D eigenvalue weighted by atomic mass is 10.2. The van der Waals surface area contributed by atoms with Gasteiger partial charge in [0, 0.05) is 9.85 Å². The zero-order chi connectivity index (χ0) is 18.4. The van der Waals surface area contributed by atoms with E-state index < -0.39 is 0 Å². The molecule has 3 aromatic rings. The number of hydrogen-bond acceptors (Lipinski definition) is 5. The summed E-state index contributed by atoms with van der Waals surface area (Å²) >= 11 is 4.81. The van der Waals surface area contributed by atoms with E-state index in [0.717, 1.165) is 21.3 Å². The Balaban J connectivity index is 1.96. The highest BCUT2D eigenvalue weighted by Crippen LogP contribution is 2.19. The Bertz CT molecular complexity index is 977. The summed E-state index contributed by atoms with van der Waals surface area (Å²) in [4.78, 5) is 12.4. The minimum absolute atomic E-state index is 0.0663. The van der Waals surface area contributed by atoms with Gasteiger partial charge in [0.2, 0.25) is 4.80 Å². The molecular formula is C18H16BrN5OS. The van der Waals surface area contributed by atoms with Crippen LogP contribution in [0.25, 0.3) is 11.3 Å². The molecule has 0 atom stereocenters. The molecule has 0 fully saturated rings. The SMILES string of the molecule is NNC(=O)Cn1c(-c2ccccc2)cs/c1=N\N=C\c1ccc(Br)cc1. The normalized spacial score (nSPS) is 11.8. The number of thiazole rings is 1. The van der Waals surface area contributed by atoms with Gasteiger partial charge in [0.25, 0.3) is 5.91 Å². The van der Waals surface area contributed by atoms with Crippen LogP contribution in [0.3, 0.4) is 0 Å². The van der Waals surface area contributed by atoms with Crippen molar-refractivity contribution in [3.63, 3.8) is 0 Å². The van der Waals surface area contributed by atoms with Crippen LogP contribution in [0.4, 0.5) is 0 Å². The second-order valence-electron chi connectivity index (χ2n) is 5.32. The van der Waals surface area contributed by atoms with Gasteiger partial charge in [0.15, 0.2) is 0 Å². The van der Waals surface area contributed by atoms with Crippen LogP contribution >= 0.6 is 27.3 Å². The smallest absolute Gasteiger partial charge is 0.253 e. The van der Waals surface area contributed by atoms with Crippen molar-refractivity contribution < 1.29 is 4.79 Å². The molecule has 2 aromatic carbocycles. The number of carbonyl (C=O) groups is 1. The zero-order valence-corrected chi connectivity index (χ0v) is 16.1. The monoisotopic (exact) mass is 429 g/mol. The predicted octanol–water partition coefficient (Wildman–Crippen LogP) is 2.90. The van der Waals surface area contributed by atoms with E-state index in [1.54, 1.807) is 10.8 Å². The van der Waals surface area contributed by atoms with Crippen LogP contribution in [0, 0.1) is 0 Å². The highest BCUT2D eigenvalue weighted by atomic mass is 79.9. The Morgan fingerprint density at radius 1 is 1.19 bits per heavy atom. The highest BCUT2D eigenvalue weighted by molar-refractivity contribution is 9.10. The maximum atomic E-state index is 11.8. The molecule has 0 saturated carbocycles. The zero-order valence-electron chi connectivity index (χ0n) is 13.7. The quantitative estimate of drug-likeness (QED) is 0.282. The fourth-order valence-electron chi connectivity index (χ4n) is 2.28. The van der Waals surface area contributed by atoms with Crippen molar-refractivity contribution in [2.45, 2.75) is 6.54 Å². The molecule has 0 radical (unpaired) electrons. The van der Waals surface area contributed by atoms with Crippen LogP contribution < -0.4 is 16.1 Å². The van der Waals surface area contributed by atoms with Crippen LogP contribution in [0.2, 0.25) is 0 Å². The summed E-state index contributed by atoms with van der Waals surface area (Å²) in [6.07, 6.45) is 1.67. The highest BCUT2D eigenvalue weighted by Gasteiger charge is 2.10. The minimum atomic E-state index is -0.307. The molecule has 132 valence electrons. The summed E-state index contributed by atoms with van der Waals surface area (Å²) in [7, 11) is 0. The second-order valence-corrected chi connectivity index (χ2v) is 7.07. The number of amides is 1. The topological polar surface area (TPSA) is 84.8 Å². The van der Waals surface area contributed by atoms with Crippen LogP contribution in [-0.4, -0.2) is 16.7 Å². The molecular weight excluding hydrogens is 414 g/mol. The number of hydrazine groups is 1. The Labute approximate surface area is 162 Å². The number of benzene rings is 2. The van der Waals surface area contributed by atoms with Gasteiger partial charge in [-0.1, -0.05) is 58.4 Å². The Morgan fingerprint density at radius 2 is 1.92 bits per heavy atom. The minimum Gasteiger partial charge on any atom is -0.306 e. The molecule has 1 amide bonds. The van der Waals surface area contributed by atoms with Crippen molar-refractivity contribution in [3.8, 4) is 11.3 Å². The third kappa shape index (κ3) is 4.54. The van der Waals surface area contributed by atoms with E-state index in [4.69, 9.17) is 5.84 Å². The number of nitrogens with zero attached hydrogens (tertiary/aromatic N) is 3. The summed E-state index contributed by atoms with van der Waals surface area (Å²) in [5, 5.41) is 10.4. The van der Waals surface area contributed by atoms with E-state index >= 15 is 0 Å². The summed E-state index contributed by atoms with van der Waals surface area (Å²) < 4.78 is 2.80. The number of halogens is 1. The third-order valence-electron chi connectivity index (χ3n) is 3.55. The molecule has 0 spiro atoms. The average Bonchev–Trinajstić information content (AvgIpc) is 3.06. The molecule has 0 unspecified atom stereocenters. The van der Waals surface area contributed by atoms with E-state index in [1.807, 2.05) is 60.0 Å².